The van der Waals surface area contributed by atoms with Gasteiger partial charge in [-0.1, -0.05) is 26.0 Å². The SMILES string of the molecule is CC(C)c1ccc(Oc2ncc(CCl)cn2)cc1. The van der Waals surface area contributed by atoms with E-state index in [-0.39, 0.29) is 0 Å². The summed E-state index contributed by atoms with van der Waals surface area (Å²) >= 11 is 5.67. The van der Waals surface area contributed by atoms with Crippen molar-refractivity contribution < 1.29 is 4.74 Å². The first-order chi connectivity index (χ1) is 8.69. The standard InChI is InChI=1S/C14H15ClN2O/c1-10(2)12-3-5-13(6-4-12)18-14-16-8-11(7-15)9-17-14/h3-6,8-10H,7H2,1-2H3. The largest absolute Gasteiger partial charge is 0.424 e. The van der Waals surface area contributed by atoms with Gasteiger partial charge in [0.1, 0.15) is 5.75 Å². The predicted octanol–water partition coefficient (Wildman–Crippen LogP) is 4.13. The smallest absolute Gasteiger partial charge is 0.321 e. The van der Waals surface area contributed by atoms with Crippen LogP contribution < -0.4 is 4.74 Å². The lowest BCUT2D eigenvalue weighted by Gasteiger charge is -2.07. The van der Waals surface area contributed by atoms with Gasteiger partial charge in [-0.2, -0.15) is 0 Å². The number of hydrogen-bond donors (Lipinski definition) is 0. The third-order valence-corrected chi connectivity index (χ3v) is 2.90. The summed E-state index contributed by atoms with van der Waals surface area (Å²) in [4.78, 5) is 8.17. The van der Waals surface area contributed by atoms with E-state index in [0.29, 0.717) is 17.8 Å². The molecule has 1 aromatic carbocycles. The molecular formula is C14H15ClN2O. The van der Waals surface area contributed by atoms with Crippen molar-refractivity contribution in [2.45, 2.75) is 25.6 Å². The van der Waals surface area contributed by atoms with Crippen molar-refractivity contribution in [2.24, 2.45) is 0 Å². The van der Waals surface area contributed by atoms with Gasteiger partial charge in [-0.3, -0.25) is 0 Å². The van der Waals surface area contributed by atoms with Crippen molar-refractivity contribution >= 4 is 11.6 Å². The van der Waals surface area contributed by atoms with Crippen molar-refractivity contribution in [1.82, 2.24) is 9.97 Å². The average Bonchev–Trinajstić information content (AvgIpc) is 2.40. The number of ether oxygens (including phenoxy) is 1. The summed E-state index contributed by atoms with van der Waals surface area (Å²) in [7, 11) is 0. The second kappa shape index (κ2) is 5.83. The highest BCUT2D eigenvalue weighted by atomic mass is 35.5. The number of benzene rings is 1. The normalized spacial score (nSPS) is 10.7. The lowest BCUT2D eigenvalue weighted by atomic mass is 10.0. The number of alkyl halides is 1. The van der Waals surface area contributed by atoms with Crippen LogP contribution in [0.15, 0.2) is 36.7 Å². The fourth-order valence-corrected chi connectivity index (χ4v) is 1.63. The topological polar surface area (TPSA) is 35.0 Å². The number of rotatable bonds is 4. The Bertz CT molecular complexity index is 494. The highest BCUT2D eigenvalue weighted by Gasteiger charge is 2.02. The van der Waals surface area contributed by atoms with Crippen LogP contribution in [0.4, 0.5) is 0 Å². The first kappa shape index (κ1) is 12.8. The Morgan fingerprint density at radius 3 is 2.22 bits per heavy atom. The summed E-state index contributed by atoms with van der Waals surface area (Å²) in [5.74, 6) is 1.65. The maximum absolute atomic E-state index is 5.67. The summed E-state index contributed by atoms with van der Waals surface area (Å²) in [6, 6.07) is 8.28. The molecule has 0 spiro atoms. The quantitative estimate of drug-likeness (QED) is 0.777. The molecule has 4 heteroatoms. The van der Waals surface area contributed by atoms with E-state index in [1.165, 1.54) is 5.56 Å². The number of aromatic nitrogens is 2. The molecule has 0 radical (unpaired) electrons. The average molecular weight is 263 g/mol. The fourth-order valence-electron chi connectivity index (χ4n) is 1.49. The molecule has 2 aromatic rings. The zero-order valence-electron chi connectivity index (χ0n) is 10.4. The monoisotopic (exact) mass is 262 g/mol. The van der Waals surface area contributed by atoms with Crippen LogP contribution in [0, 0.1) is 0 Å². The van der Waals surface area contributed by atoms with Gasteiger partial charge in [0, 0.05) is 18.0 Å². The Kier molecular flexibility index (Phi) is 4.15. The van der Waals surface area contributed by atoms with Crippen molar-refractivity contribution in [1.29, 1.82) is 0 Å². The molecular weight excluding hydrogens is 248 g/mol. The van der Waals surface area contributed by atoms with Crippen molar-refractivity contribution in [3.8, 4) is 11.8 Å². The van der Waals surface area contributed by atoms with E-state index in [2.05, 4.69) is 23.8 Å². The second-order valence-electron chi connectivity index (χ2n) is 4.33. The summed E-state index contributed by atoms with van der Waals surface area (Å²) in [5.41, 5.74) is 2.15. The molecule has 0 saturated carbocycles. The van der Waals surface area contributed by atoms with Gasteiger partial charge < -0.3 is 4.74 Å². The van der Waals surface area contributed by atoms with Crippen molar-refractivity contribution in [3.63, 3.8) is 0 Å². The van der Waals surface area contributed by atoms with Crippen molar-refractivity contribution in [2.75, 3.05) is 0 Å². The molecule has 0 N–H and O–H groups in total. The molecule has 1 heterocycles. The second-order valence-corrected chi connectivity index (χ2v) is 4.60. The Morgan fingerprint density at radius 1 is 1.11 bits per heavy atom. The van der Waals surface area contributed by atoms with E-state index in [4.69, 9.17) is 16.3 Å². The number of halogens is 1. The predicted molar refractivity (Wildman–Crippen MR) is 72.2 cm³/mol. The molecule has 0 fully saturated rings. The van der Waals surface area contributed by atoms with Gasteiger partial charge in [0.2, 0.25) is 0 Å². The first-order valence-corrected chi connectivity index (χ1v) is 6.37. The zero-order valence-corrected chi connectivity index (χ0v) is 11.2. The van der Waals surface area contributed by atoms with Gasteiger partial charge in [-0.15, -0.1) is 11.6 Å². The molecule has 0 aliphatic carbocycles. The molecule has 0 aliphatic heterocycles. The van der Waals surface area contributed by atoms with Crippen LogP contribution in [0.25, 0.3) is 0 Å². The van der Waals surface area contributed by atoms with Gasteiger partial charge >= 0.3 is 6.01 Å². The van der Waals surface area contributed by atoms with Crippen molar-refractivity contribution in [3.05, 3.63) is 47.8 Å². The van der Waals surface area contributed by atoms with Gasteiger partial charge in [0.15, 0.2) is 0 Å². The molecule has 3 nitrogen and oxygen atoms in total. The minimum absolute atomic E-state index is 0.334. The Balaban J connectivity index is 2.08. The van der Waals surface area contributed by atoms with E-state index >= 15 is 0 Å². The Labute approximate surface area is 112 Å². The minimum Gasteiger partial charge on any atom is -0.424 e. The van der Waals surface area contributed by atoms with Crippen LogP contribution >= 0.6 is 11.6 Å². The Hall–Kier alpha value is -1.61. The highest BCUT2D eigenvalue weighted by molar-refractivity contribution is 6.17. The van der Waals surface area contributed by atoms with E-state index in [1.54, 1.807) is 12.4 Å². The number of nitrogens with zero attached hydrogens (tertiary/aromatic N) is 2. The molecule has 0 amide bonds. The van der Waals surface area contributed by atoms with Crippen LogP contribution in [0.1, 0.15) is 30.9 Å². The zero-order chi connectivity index (χ0) is 13.0. The molecule has 0 unspecified atom stereocenters. The number of hydrogen-bond acceptors (Lipinski definition) is 3. The van der Waals surface area contributed by atoms with Crippen LogP contribution in [-0.2, 0) is 5.88 Å². The highest BCUT2D eigenvalue weighted by Crippen LogP contribution is 2.21. The van der Waals surface area contributed by atoms with Gasteiger partial charge in [-0.25, -0.2) is 9.97 Å². The molecule has 0 bridgehead atoms. The molecule has 2 rings (SSSR count). The molecule has 94 valence electrons. The van der Waals surface area contributed by atoms with E-state index in [9.17, 15) is 0 Å². The summed E-state index contributed by atoms with van der Waals surface area (Å²) < 4.78 is 5.55. The van der Waals surface area contributed by atoms with E-state index < -0.39 is 0 Å². The lowest BCUT2D eigenvalue weighted by molar-refractivity contribution is 0.441. The van der Waals surface area contributed by atoms with Crippen LogP contribution in [0.5, 0.6) is 11.8 Å². The molecule has 1 aromatic heterocycles. The molecule has 0 saturated heterocycles. The van der Waals surface area contributed by atoms with Crippen LogP contribution in [0.3, 0.4) is 0 Å². The van der Waals surface area contributed by atoms with E-state index in [1.807, 2.05) is 24.3 Å². The third-order valence-electron chi connectivity index (χ3n) is 2.59. The van der Waals surface area contributed by atoms with Crippen LogP contribution in [0.2, 0.25) is 0 Å². The molecule has 18 heavy (non-hydrogen) atoms. The van der Waals surface area contributed by atoms with Gasteiger partial charge in [0.25, 0.3) is 0 Å². The molecule has 0 aliphatic rings. The maximum Gasteiger partial charge on any atom is 0.321 e. The minimum atomic E-state index is 0.334. The maximum atomic E-state index is 5.67. The van der Waals surface area contributed by atoms with Gasteiger partial charge in [0.05, 0.1) is 5.88 Å². The van der Waals surface area contributed by atoms with E-state index in [0.717, 1.165) is 11.3 Å². The summed E-state index contributed by atoms with van der Waals surface area (Å²) in [6.07, 6.45) is 3.33. The Morgan fingerprint density at radius 2 is 1.72 bits per heavy atom. The lowest BCUT2D eigenvalue weighted by Crippen LogP contribution is -1.93. The summed E-state index contributed by atoms with van der Waals surface area (Å²) in [5, 5.41) is 0. The summed E-state index contributed by atoms with van der Waals surface area (Å²) in [6.45, 7) is 4.31. The third kappa shape index (κ3) is 3.20. The van der Waals surface area contributed by atoms with Crippen LogP contribution in [-0.4, -0.2) is 9.97 Å². The molecule has 0 atom stereocenters. The first-order valence-electron chi connectivity index (χ1n) is 5.83. The van der Waals surface area contributed by atoms with Gasteiger partial charge in [-0.05, 0) is 23.6 Å². The fraction of sp³-hybridized carbons (Fsp3) is 0.286.